The van der Waals surface area contributed by atoms with Crippen LogP contribution >= 0.6 is 11.6 Å². The highest BCUT2D eigenvalue weighted by atomic mass is 35.5. The lowest BCUT2D eigenvalue weighted by Crippen LogP contribution is -2.29. The van der Waals surface area contributed by atoms with Gasteiger partial charge in [-0.3, -0.25) is 14.3 Å². The van der Waals surface area contributed by atoms with Gasteiger partial charge >= 0.3 is 5.69 Å². The highest BCUT2D eigenvalue weighted by Gasteiger charge is 2.05. The number of H-pyrrole nitrogens is 1. The number of nitrogens with one attached hydrogen (secondary N) is 1. The molecule has 0 saturated carbocycles. The fraction of sp³-hybridized carbons (Fsp3) is 0.0909. The van der Waals surface area contributed by atoms with Crippen molar-refractivity contribution in [1.29, 1.82) is 0 Å². The summed E-state index contributed by atoms with van der Waals surface area (Å²) in [6.45, 7) is 0.0898. The third-order valence-corrected chi connectivity index (χ3v) is 2.65. The summed E-state index contributed by atoms with van der Waals surface area (Å²) in [5.41, 5.74) is 4.65. The average molecular weight is 270 g/mol. The minimum Gasteiger partial charge on any atom is -0.396 e. The number of hydrogen-bond acceptors (Lipinski definition) is 3. The molecule has 0 unspecified atom stereocenters. The van der Waals surface area contributed by atoms with E-state index in [0.29, 0.717) is 5.56 Å². The lowest BCUT2D eigenvalue weighted by atomic mass is 10.2. The fourth-order valence-electron chi connectivity index (χ4n) is 1.47. The SMILES string of the molecule is Nc1ccc(Cn2cc(Cl)c(=O)[nH]c2=O)cc1F. The smallest absolute Gasteiger partial charge is 0.328 e. The number of nitrogens with two attached hydrogens (primary N) is 1. The average Bonchev–Trinajstić information content (AvgIpc) is 2.31. The number of nitrogens with zero attached hydrogens (tertiary/aromatic N) is 1. The Morgan fingerprint density at radius 1 is 1.39 bits per heavy atom. The molecule has 94 valence electrons. The molecule has 2 aromatic rings. The summed E-state index contributed by atoms with van der Waals surface area (Å²) in [7, 11) is 0. The van der Waals surface area contributed by atoms with Crippen LogP contribution in [-0.2, 0) is 6.54 Å². The Balaban J connectivity index is 2.40. The molecule has 0 aliphatic rings. The first-order chi connectivity index (χ1) is 8.47. The molecule has 2 rings (SSSR count). The predicted octanol–water partition coefficient (Wildman–Crippen LogP) is 0.960. The fourth-order valence-corrected chi connectivity index (χ4v) is 1.63. The molecule has 1 heterocycles. The monoisotopic (exact) mass is 269 g/mol. The van der Waals surface area contributed by atoms with Crippen molar-refractivity contribution in [2.24, 2.45) is 0 Å². The van der Waals surface area contributed by atoms with E-state index in [0.717, 1.165) is 0 Å². The molecule has 0 atom stereocenters. The maximum Gasteiger partial charge on any atom is 0.328 e. The Morgan fingerprint density at radius 2 is 2.11 bits per heavy atom. The molecular formula is C11H9ClFN3O2. The molecule has 3 N–H and O–H groups in total. The van der Waals surface area contributed by atoms with E-state index in [1.165, 1.54) is 22.9 Å². The maximum atomic E-state index is 13.2. The van der Waals surface area contributed by atoms with E-state index in [1.54, 1.807) is 6.07 Å². The van der Waals surface area contributed by atoms with Gasteiger partial charge in [0.25, 0.3) is 5.56 Å². The number of nitrogen functional groups attached to an aromatic ring is 1. The molecule has 0 spiro atoms. The van der Waals surface area contributed by atoms with Crippen LogP contribution in [0, 0.1) is 5.82 Å². The van der Waals surface area contributed by atoms with Crippen LogP contribution in [0.25, 0.3) is 0 Å². The first-order valence-corrected chi connectivity index (χ1v) is 5.38. The summed E-state index contributed by atoms with van der Waals surface area (Å²) in [5, 5.41) is -0.106. The molecule has 0 radical (unpaired) electrons. The van der Waals surface area contributed by atoms with E-state index in [-0.39, 0.29) is 17.3 Å². The lowest BCUT2D eigenvalue weighted by Gasteiger charge is -2.06. The van der Waals surface area contributed by atoms with Gasteiger partial charge in [-0.15, -0.1) is 0 Å². The second-order valence-electron chi connectivity index (χ2n) is 3.72. The topological polar surface area (TPSA) is 80.9 Å². The van der Waals surface area contributed by atoms with Crippen LogP contribution in [0.1, 0.15) is 5.56 Å². The van der Waals surface area contributed by atoms with Crippen LogP contribution in [0.15, 0.2) is 34.0 Å². The van der Waals surface area contributed by atoms with Crippen molar-refractivity contribution in [3.63, 3.8) is 0 Å². The molecular weight excluding hydrogens is 261 g/mol. The second kappa shape index (κ2) is 4.66. The van der Waals surface area contributed by atoms with Crippen LogP contribution in [-0.4, -0.2) is 9.55 Å². The Morgan fingerprint density at radius 3 is 2.78 bits per heavy atom. The highest BCUT2D eigenvalue weighted by Crippen LogP contribution is 2.12. The second-order valence-corrected chi connectivity index (χ2v) is 4.13. The largest absolute Gasteiger partial charge is 0.396 e. The third kappa shape index (κ3) is 2.43. The van der Waals surface area contributed by atoms with E-state index >= 15 is 0 Å². The van der Waals surface area contributed by atoms with Gasteiger partial charge in [0, 0.05) is 6.20 Å². The highest BCUT2D eigenvalue weighted by molar-refractivity contribution is 6.30. The van der Waals surface area contributed by atoms with Crippen molar-refractivity contribution >= 4 is 17.3 Å². The van der Waals surface area contributed by atoms with Crippen LogP contribution < -0.4 is 17.0 Å². The number of hydrogen-bond donors (Lipinski definition) is 2. The van der Waals surface area contributed by atoms with Gasteiger partial charge in [0.1, 0.15) is 10.8 Å². The van der Waals surface area contributed by atoms with Gasteiger partial charge in [0.2, 0.25) is 0 Å². The van der Waals surface area contributed by atoms with Crippen LogP contribution in [0.3, 0.4) is 0 Å². The Hall–Kier alpha value is -2.08. The van der Waals surface area contributed by atoms with E-state index in [4.69, 9.17) is 17.3 Å². The van der Waals surface area contributed by atoms with Gasteiger partial charge in [-0.1, -0.05) is 17.7 Å². The molecule has 0 amide bonds. The molecule has 18 heavy (non-hydrogen) atoms. The zero-order chi connectivity index (χ0) is 13.3. The number of anilines is 1. The van der Waals surface area contributed by atoms with Crippen molar-refractivity contribution in [3.05, 3.63) is 61.6 Å². The van der Waals surface area contributed by atoms with Gasteiger partial charge in [0.15, 0.2) is 0 Å². The molecule has 0 aliphatic heterocycles. The van der Waals surface area contributed by atoms with Gasteiger partial charge in [-0.25, -0.2) is 9.18 Å². The minimum atomic E-state index is -0.651. The lowest BCUT2D eigenvalue weighted by molar-refractivity contribution is 0.626. The van der Waals surface area contributed by atoms with Gasteiger partial charge in [-0.2, -0.15) is 0 Å². The quantitative estimate of drug-likeness (QED) is 0.797. The van der Waals surface area contributed by atoms with Gasteiger partial charge in [-0.05, 0) is 17.7 Å². The number of halogens is 2. The molecule has 5 nitrogen and oxygen atoms in total. The summed E-state index contributed by atoms with van der Waals surface area (Å²) < 4.78 is 14.4. The van der Waals surface area contributed by atoms with Crippen molar-refractivity contribution in [1.82, 2.24) is 9.55 Å². The maximum absolute atomic E-state index is 13.2. The normalized spacial score (nSPS) is 10.6. The van der Waals surface area contributed by atoms with E-state index in [1.807, 2.05) is 0 Å². The van der Waals surface area contributed by atoms with Crippen LogP contribution in [0.5, 0.6) is 0 Å². The standard InChI is InChI=1S/C11H9ClFN3O2/c12-7-5-16(11(18)15-10(7)17)4-6-1-2-9(14)8(13)3-6/h1-3,5H,4,14H2,(H,15,17,18). The van der Waals surface area contributed by atoms with Crippen molar-refractivity contribution < 1.29 is 4.39 Å². The third-order valence-electron chi connectivity index (χ3n) is 2.39. The number of aromatic nitrogens is 2. The Labute approximate surface area is 106 Å². The van der Waals surface area contributed by atoms with Crippen LogP contribution in [0.2, 0.25) is 5.02 Å². The van der Waals surface area contributed by atoms with Crippen molar-refractivity contribution in [2.45, 2.75) is 6.54 Å². The predicted molar refractivity (Wildman–Crippen MR) is 66.2 cm³/mol. The van der Waals surface area contributed by atoms with E-state index in [2.05, 4.69) is 4.98 Å². The van der Waals surface area contributed by atoms with E-state index < -0.39 is 17.1 Å². The summed E-state index contributed by atoms with van der Waals surface area (Å²) in [6, 6.07) is 4.22. The summed E-state index contributed by atoms with van der Waals surface area (Å²) in [4.78, 5) is 24.6. The molecule has 0 saturated heterocycles. The van der Waals surface area contributed by atoms with Gasteiger partial charge in [0.05, 0.1) is 12.2 Å². The minimum absolute atomic E-state index is 0.0330. The molecule has 1 aromatic heterocycles. The number of rotatable bonds is 2. The summed E-state index contributed by atoms with van der Waals surface area (Å²) in [6.07, 6.45) is 1.21. The number of aromatic amines is 1. The van der Waals surface area contributed by atoms with Crippen molar-refractivity contribution in [3.8, 4) is 0 Å². The molecule has 0 fully saturated rings. The van der Waals surface area contributed by atoms with Gasteiger partial charge < -0.3 is 5.73 Å². The molecule has 0 bridgehead atoms. The first-order valence-electron chi connectivity index (χ1n) is 5.00. The molecule has 0 aliphatic carbocycles. The molecule has 1 aromatic carbocycles. The Bertz CT molecular complexity index is 708. The Kier molecular flexibility index (Phi) is 3.20. The zero-order valence-corrected chi connectivity index (χ0v) is 9.87. The number of benzene rings is 1. The molecule has 7 heteroatoms. The summed E-state index contributed by atoms with van der Waals surface area (Å²) in [5.74, 6) is -0.559. The van der Waals surface area contributed by atoms with E-state index in [9.17, 15) is 14.0 Å². The first kappa shape index (κ1) is 12.4. The summed E-state index contributed by atoms with van der Waals surface area (Å²) >= 11 is 5.61. The van der Waals surface area contributed by atoms with Crippen molar-refractivity contribution in [2.75, 3.05) is 5.73 Å². The van der Waals surface area contributed by atoms with Crippen LogP contribution in [0.4, 0.5) is 10.1 Å². The zero-order valence-electron chi connectivity index (χ0n) is 9.11.